The Morgan fingerprint density at radius 2 is 2.25 bits per heavy atom. The maximum Gasteiger partial charge on any atom is 0.253 e. The highest BCUT2D eigenvalue weighted by atomic mass is 16.1. The van der Waals surface area contributed by atoms with Crippen molar-refractivity contribution >= 4 is 22.9 Å². The van der Waals surface area contributed by atoms with Crippen molar-refractivity contribution in [2.75, 3.05) is 5.32 Å². The monoisotopic (exact) mass is 215 g/mol. The van der Waals surface area contributed by atoms with Crippen molar-refractivity contribution in [1.29, 1.82) is 0 Å². The fourth-order valence-corrected chi connectivity index (χ4v) is 1.39. The molecule has 0 saturated heterocycles. The minimum atomic E-state index is -0.226. The molecule has 0 aliphatic heterocycles. The summed E-state index contributed by atoms with van der Waals surface area (Å²) in [7, 11) is 0. The molecule has 82 valence electrons. The van der Waals surface area contributed by atoms with E-state index < -0.39 is 0 Å². The third kappa shape index (κ3) is 1.95. The van der Waals surface area contributed by atoms with Crippen molar-refractivity contribution in [1.82, 2.24) is 9.97 Å². The van der Waals surface area contributed by atoms with Crippen LogP contribution in [0.5, 0.6) is 0 Å². The minimum absolute atomic E-state index is 0.226. The molecule has 0 aliphatic rings. The number of carbonyl (C=O) groups is 1. The van der Waals surface area contributed by atoms with Crippen LogP contribution in [0.15, 0.2) is 30.4 Å². The van der Waals surface area contributed by atoms with E-state index in [-0.39, 0.29) is 5.91 Å². The molecule has 0 bridgehead atoms. The number of nitrogens with one attached hydrogen (secondary N) is 2. The average molecular weight is 215 g/mol. The van der Waals surface area contributed by atoms with E-state index in [0.29, 0.717) is 11.5 Å². The molecule has 0 aliphatic carbocycles. The van der Waals surface area contributed by atoms with E-state index in [9.17, 15) is 4.79 Å². The number of hydrogen-bond donors (Lipinski definition) is 2. The van der Waals surface area contributed by atoms with Crippen molar-refractivity contribution in [2.45, 2.75) is 13.8 Å². The Kier molecular flexibility index (Phi) is 2.48. The van der Waals surface area contributed by atoms with Crippen molar-refractivity contribution in [3.05, 3.63) is 35.9 Å². The molecule has 0 saturated carbocycles. The lowest BCUT2D eigenvalue weighted by Gasteiger charge is -1.98. The van der Waals surface area contributed by atoms with Crippen LogP contribution < -0.4 is 5.32 Å². The van der Waals surface area contributed by atoms with E-state index in [1.807, 2.05) is 25.1 Å². The predicted octanol–water partition coefficient (Wildman–Crippen LogP) is 2.39. The van der Waals surface area contributed by atoms with Crippen molar-refractivity contribution in [2.24, 2.45) is 0 Å². The van der Waals surface area contributed by atoms with Gasteiger partial charge in [0.1, 0.15) is 0 Å². The SMILES string of the molecule is C=C(C)C(=O)Nc1nc2cc(C)ccc2[nH]1. The molecule has 0 spiro atoms. The van der Waals surface area contributed by atoms with Crippen molar-refractivity contribution in [3.63, 3.8) is 0 Å². The van der Waals surface area contributed by atoms with Gasteiger partial charge in [-0.3, -0.25) is 10.1 Å². The van der Waals surface area contributed by atoms with Gasteiger partial charge in [0.05, 0.1) is 11.0 Å². The molecule has 2 rings (SSSR count). The lowest BCUT2D eigenvalue weighted by molar-refractivity contribution is -0.112. The summed E-state index contributed by atoms with van der Waals surface area (Å²) < 4.78 is 0. The maximum absolute atomic E-state index is 11.4. The Labute approximate surface area is 93.4 Å². The van der Waals surface area contributed by atoms with Gasteiger partial charge < -0.3 is 4.98 Å². The first-order chi connectivity index (χ1) is 7.56. The van der Waals surface area contributed by atoms with Crippen LogP contribution in [0.4, 0.5) is 5.95 Å². The number of aromatic nitrogens is 2. The number of H-pyrrole nitrogens is 1. The second-order valence-electron chi connectivity index (χ2n) is 3.84. The Morgan fingerprint density at radius 3 is 2.94 bits per heavy atom. The van der Waals surface area contributed by atoms with Gasteiger partial charge >= 0.3 is 0 Å². The Bertz CT molecular complexity index is 569. The number of carbonyl (C=O) groups excluding carboxylic acids is 1. The number of hydrogen-bond acceptors (Lipinski definition) is 2. The molecule has 0 radical (unpaired) electrons. The van der Waals surface area contributed by atoms with Gasteiger partial charge in [0, 0.05) is 5.57 Å². The number of anilines is 1. The van der Waals surface area contributed by atoms with Gasteiger partial charge in [-0.25, -0.2) is 4.98 Å². The number of rotatable bonds is 2. The van der Waals surface area contributed by atoms with Crippen LogP contribution in [0.2, 0.25) is 0 Å². The summed E-state index contributed by atoms with van der Waals surface area (Å²) in [6.07, 6.45) is 0. The quantitative estimate of drug-likeness (QED) is 0.756. The third-order valence-electron chi connectivity index (χ3n) is 2.26. The number of amides is 1. The zero-order valence-electron chi connectivity index (χ0n) is 9.29. The molecule has 2 N–H and O–H groups in total. The zero-order valence-corrected chi connectivity index (χ0v) is 9.29. The molecule has 4 heteroatoms. The predicted molar refractivity (Wildman–Crippen MR) is 64.3 cm³/mol. The lowest BCUT2D eigenvalue weighted by atomic mass is 10.2. The Morgan fingerprint density at radius 1 is 1.50 bits per heavy atom. The molecular weight excluding hydrogens is 202 g/mol. The summed E-state index contributed by atoms with van der Waals surface area (Å²) in [5.41, 5.74) is 3.34. The van der Waals surface area contributed by atoms with Gasteiger partial charge in [-0.05, 0) is 31.5 Å². The number of aryl methyl sites for hydroxylation is 1. The van der Waals surface area contributed by atoms with Crippen LogP contribution in [0.1, 0.15) is 12.5 Å². The molecule has 16 heavy (non-hydrogen) atoms. The Hall–Kier alpha value is -2.10. The topological polar surface area (TPSA) is 57.8 Å². The first-order valence-electron chi connectivity index (χ1n) is 4.99. The largest absolute Gasteiger partial charge is 0.324 e. The first-order valence-corrected chi connectivity index (χ1v) is 4.99. The Balaban J connectivity index is 2.33. The summed E-state index contributed by atoms with van der Waals surface area (Å²) in [6, 6.07) is 5.89. The standard InChI is InChI=1S/C12H13N3O/c1-7(2)11(16)15-12-13-9-5-4-8(3)6-10(9)14-12/h4-6H,1H2,2-3H3,(H2,13,14,15,16). The number of fused-ring (bicyclic) bond motifs is 1. The van der Waals surface area contributed by atoms with E-state index in [1.165, 1.54) is 0 Å². The van der Waals surface area contributed by atoms with Crippen LogP contribution in [-0.4, -0.2) is 15.9 Å². The van der Waals surface area contributed by atoms with Gasteiger partial charge in [-0.1, -0.05) is 12.6 Å². The fraction of sp³-hybridized carbons (Fsp3) is 0.167. The van der Waals surface area contributed by atoms with E-state index in [1.54, 1.807) is 6.92 Å². The molecule has 4 nitrogen and oxygen atoms in total. The summed E-state index contributed by atoms with van der Waals surface area (Å²) in [4.78, 5) is 18.7. The number of aromatic amines is 1. The van der Waals surface area contributed by atoms with Gasteiger partial charge in [0.2, 0.25) is 5.95 Å². The van der Waals surface area contributed by atoms with E-state index in [0.717, 1.165) is 16.6 Å². The highest BCUT2D eigenvalue weighted by Gasteiger charge is 2.06. The van der Waals surface area contributed by atoms with Gasteiger partial charge in [-0.15, -0.1) is 0 Å². The maximum atomic E-state index is 11.4. The summed E-state index contributed by atoms with van der Waals surface area (Å²) in [5.74, 6) is 0.226. The summed E-state index contributed by atoms with van der Waals surface area (Å²) in [6.45, 7) is 7.22. The van der Waals surface area contributed by atoms with E-state index >= 15 is 0 Å². The second kappa shape index (κ2) is 3.81. The molecule has 2 aromatic rings. The third-order valence-corrected chi connectivity index (χ3v) is 2.26. The molecule has 0 atom stereocenters. The van der Waals surface area contributed by atoms with Gasteiger partial charge in [0.15, 0.2) is 0 Å². The zero-order chi connectivity index (χ0) is 11.7. The second-order valence-corrected chi connectivity index (χ2v) is 3.84. The van der Waals surface area contributed by atoms with Crippen molar-refractivity contribution in [3.8, 4) is 0 Å². The molecule has 0 unspecified atom stereocenters. The van der Waals surface area contributed by atoms with E-state index in [2.05, 4.69) is 21.9 Å². The van der Waals surface area contributed by atoms with Gasteiger partial charge in [0.25, 0.3) is 5.91 Å². The molecule has 1 aromatic carbocycles. The highest BCUT2D eigenvalue weighted by Crippen LogP contribution is 2.15. The smallest absolute Gasteiger partial charge is 0.253 e. The number of imidazole rings is 1. The van der Waals surface area contributed by atoms with Crippen molar-refractivity contribution < 1.29 is 4.79 Å². The normalized spacial score (nSPS) is 10.4. The molecule has 1 amide bonds. The average Bonchev–Trinajstić information content (AvgIpc) is 2.58. The van der Waals surface area contributed by atoms with Gasteiger partial charge in [-0.2, -0.15) is 0 Å². The minimum Gasteiger partial charge on any atom is -0.324 e. The molecular formula is C12H13N3O. The molecule has 0 fully saturated rings. The highest BCUT2D eigenvalue weighted by molar-refractivity contribution is 6.02. The number of nitrogens with zero attached hydrogens (tertiary/aromatic N) is 1. The molecule has 1 aromatic heterocycles. The van der Waals surface area contributed by atoms with Crippen LogP contribution in [0, 0.1) is 6.92 Å². The number of benzene rings is 1. The summed E-state index contributed by atoms with van der Waals surface area (Å²) >= 11 is 0. The first kappa shape index (κ1) is 10.4. The summed E-state index contributed by atoms with van der Waals surface area (Å²) in [5, 5.41) is 2.65. The lowest BCUT2D eigenvalue weighted by Crippen LogP contribution is -2.12. The van der Waals surface area contributed by atoms with E-state index in [4.69, 9.17) is 0 Å². The van der Waals surface area contributed by atoms with Crippen LogP contribution >= 0.6 is 0 Å². The van der Waals surface area contributed by atoms with Crippen LogP contribution in [0.25, 0.3) is 11.0 Å². The fourth-order valence-electron chi connectivity index (χ4n) is 1.39. The molecule has 1 heterocycles. The van der Waals surface area contributed by atoms with Crippen LogP contribution in [-0.2, 0) is 4.79 Å². The van der Waals surface area contributed by atoms with Crippen LogP contribution in [0.3, 0.4) is 0 Å².